The lowest BCUT2D eigenvalue weighted by atomic mass is 10.1. The Kier molecular flexibility index (Phi) is 4.90. The van der Waals surface area contributed by atoms with Crippen molar-refractivity contribution < 1.29 is 13.2 Å². The van der Waals surface area contributed by atoms with Crippen LogP contribution in [0.15, 0.2) is 17.3 Å². The zero-order chi connectivity index (χ0) is 14.6. The van der Waals surface area contributed by atoms with Crippen molar-refractivity contribution in [2.24, 2.45) is 0 Å². The molecular weight excluding hydrogens is 304 g/mol. The summed E-state index contributed by atoms with van der Waals surface area (Å²) in [7, 11) is -3.79. The third-order valence-corrected chi connectivity index (χ3v) is 4.58. The Morgan fingerprint density at radius 2 is 1.85 bits per heavy atom. The Labute approximate surface area is 122 Å². The van der Waals surface area contributed by atoms with Crippen LogP contribution in [0.5, 0.6) is 0 Å². The van der Waals surface area contributed by atoms with E-state index in [1.54, 1.807) is 4.90 Å². The van der Waals surface area contributed by atoms with Crippen LogP contribution in [0.2, 0.25) is 5.28 Å². The van der Waals surface area contributed by atoms with Crippen LogP contribution in [0.1, 0.15) is 19.3 Å². The standard InChI is InChI=1S/C11H15ClN4O3S/c12-11-13-6-9(7-14-11)20(18,19)15-8-10(17)16-4-2-1-3-5-16/h6-7,15H,1-5,8H2. The molecule has 1 aromatic heterocycles. The number of hydrogen-bond donors (Lipinski definition) is 1. The molecule has 2 rings (SSSR count). The van der Waals surface area contributed by atoms with E-state index in [2.05, 4.69) is 14.7 Å². The van der Waals surface area contributed by atoms with Gasteiger partial charge in [0.05, 0.1) is 18.9 Å². The second kappa shape index (κ2) is 6.47. The van der Waals surface area contributed by atoms with Gasteiger partial charge in [-0.05, 0) is 30.9 Å². The SMILES string of the molecule is O=C(CNS(=O)(=O)c1cnc(Cl)nc1)N1CCCCC1. The highest BCUT2D eigenvalue weighted by atomic mass is 35.5. The minimum absolute atomic E-state index is 0.0339. The van der Waals surface area contributed by atoms with Gasteiger partial charge in [-0.25, -0.2) is 23.1 Å². The average Bonchev–Trinajstić information content (AvgIpc) is 2.46. The summed E-state index contributed by atoms with van der Waals surface area (Å²) in [6.07, 6.45) is 5.23. The number of carbonyl (C=O) groups excluding carboxylic acids is 1. The van der Waals surface area contributed by atoms with E-state index in [1.807, 2.05) is 0 Å². The van der Waals surface area contributed by atoms with Gasteiger partial charge in [-0.3, -0.25) is 4.79 Å². The maximum Gasteiger partial charge on any atom is 0.244 e. The molecule has 0 unspecified atom stereocenters. The third-order valence-electron chi connectivity index (χ3n) is 3.03. The highest BCUT2D eigenvalue weighted by Gasteiger charge is 2.20. The number of piperidine rings is 1. The average molecular weight is 319 g/mol. The fourth-order valence-corrected chi connectivity index (χ4v) is 2.90. The quantitative estimate of drug-likeness (QED) is 0.812. The Morgan fingerprint density at radius 3 is 2.45 bits per heavy atom. The molecule has 7 nitrogen and oxygen atoms in total. The van der Waals surface area contributed by atoms with Gasteiger partial charge in [0.15, 0.2) is 0 Å². The lowest BCUT2D eigenvalue weighted by molar-refractivity contribution is -0.130. The van der Waals surface area contributed by atoms with Gasteiger partial charge in [0.25, 0.3) is 0 Å². The van der Waals surface area contributed by atoms with Crippen LogP contribution in [0.3, 0.4) is 0 Å². The van der Waals surface area contributed by atoms with Crippen LogP contribution in [0, 0.1) is 0 Å². The zero-order valence-electron chi connectivity index (χ0n) is 10.7. The fraction of sp³-hybridized carbons (Fsp3) is 0.545. The predicted molar refractivity (Wildman–Crippen MR) is 72.7 cm³/mol. The van der Waals surface area contributed by atoms with E-state index in [9.17, 15) is 13.2 Å². The first kappa shape index (κ1) is 15.1. The molecule has 0 bridgehead atoms. The lowest BCUT2D eigenvalue weighted by Crippen LogP contribution is -2.42. The van der Waals surface area contributed by atoms with Gasteiger partial charge in [0.1, 0.15) is 4.90 Å². The molecule has 1 fully saturated rings. The molecule has 1 amide bonds. The van der Waals surface area contributed by atoms with Gasteiger partial charge in [-0.15, -0.1) is 0 Å². The van der Waals surface area contributed by atoms with E-state index in [0.717, 1.165) is 31.7 Å². The van der Waals surface area contributed by atoms with Crippen LogP contribution in [0.4, 0.5) is 0 Å². The Bertz CT molecular complexity index is 570. The summed E-state index contributed by atoms with van der Waals surface area (Å²) < 4.78 is 26.1. The number of amides is 1. The summed E-state index contributed by atoms with van der Waals surface area (Å²) in [6, 6.07) is 0. The van der Waals surface area contributed by atoms with Gasteiger partial charge in [0.2, 0.25) is 21.2 Å². The van der Waals surface area contributed by atoms with E-state index in [-0.39, 0.29) is 22.6 Å². The molecular formula is C11H15ClN4O3S. The molecule has 0 radical (unpaired) electrons. The second-order valence-corrected chi connectivity index (χ2v) is 6.56. The van der Waals surface area contributed by atoms with Gasteiger partial charge in [0, 0.05) is 13.1 Å². The molecule has 0 atom stereocenters. The van der Waals surface area contributed by atoms with Crippen molar-refractivity contribution in [3.05, 3.63) is 17.7 Å². The molecule has 0 aromatic carbocycles. The predicted octanol–water partition coefficient (Wildman–Crippen LogP) is 0.421. The van der Waals surface area contributed by atoms with Crippen LogP contribution < -0.4 is 4.72 Å². The number of nitrogens with one attached hydrogen (secondary N) is 1. The molecule has 1 aliphatic heterocycles. The number of hydrogen-bond acceptors (Lipinski definition) is 5. The molecule has 0 saturated carbocycles. The van der Waals surface area contributed by atoms with E-state index in [1.165, 1.54) is 0 Å². The normalized spacial score (nSPS) is 16.1. The van der Waals surface area contributed by atoms with Crippen molar-refractivity contribution in [3.8, 4) is 0 Å². The number of likely N-dealkylation sites (tertiary alicyclic amines) is 1. The van der Waals surface area contributed by atoms with Gasteiger partial charge in [-0.1, -0.05) is 0 Å². The molecule has 1 aliphatic rings. The van der Waals surface area contributed by atoms with Crippen LogP contribution in [-0.2, 0) is 14.8 Å². The highest BCUT2D eigenvalue weighted by Crippen LogP contribution is 2.10. The molecule has 20 heavy (non-hydrogen) atoms. The van der Waals surface area contributed by atoms with Gasteiger partial charge >= 0.3 is 0 Å². The van der Waals surface area contributed by atoms with E-state index < -0.39 is 10.0 Å². The maximum atomic E-state index is 11.9. The second-order valence-electron chi connectivity index (χ2n) is 4.45. The van der Waals surface area contributed by atoms with Crippen LogP contribution >= 0.6 is 11.6 Å². The summed E-state index contributed by atoms with van der Waals surface area (Å²) in [5.41, 5.74) is 0. The molecule has 1 saturated heterocycles. The zero-order valence-corrected chi connectivity index (χ0v) is 12.3. The summed E-state index contributed by atoms with van der Waals surface area (Å²) in [6.45, 7) is 1.11. The minimum Gasteiger partial charge on any atom is -0.342 e. The Morgan fingerprint density at radius 1 is 1.25 bits per heavy atom. The first-order chi connectivity index (χ1) is 9.49. The summed E-state index contributed by atoms with van der Waals surface area (Å²) in [4.78, 5) is 20.6. The van der Waals surface area contributed by atoms with Gasteiger partial charge in [-0.2, -0.15) is 0 Å². The first-order valence-corrected chi connectivity index (χ1v) is 8.10. The van der Waals surface area contributed by atoms with Crippen molar-refractivity contribution in [1.29, 1.82) is 0 Å². The maximum absolute atomic E-state index is 11.9. The Balaban J connectivity index is 1.95. The molecule has 110 valence electrons. The van der Waals surface area contributed by atoms with Crippen LogP contribution in [0.25, 0.3) is 0 Å². The van der Waals surface area contributed by atoms with Gasteiger partial charge < -0.3 is 4.90 Å². The molecule has 1 N–H and O–H groups in total. The number of sulfonamides is 1. The number of halogens is 1. The number of rotatable bonds is 4. The summed E-state index contributed by atoms with van der Waals surface area (Å²) in [5, 5.41) is -0.0339. The van der Waals surface area contributed by atoms with Crippen molar-refractivity contribution in [2.45, 2.75) is 24.2 Å². The molecule has 2 heterocycles. The number of nitrogens with zero attached hydrogens (tertiary/aromatic N) is 3. The molecule has 9 heteroatoms. The Hall–Kier alpha value is -1.25. The summed E-state index contributed by atoms with van der Waals surface area (Å²) in [5.74, 6) is -0.219. The summed E-state index contributed by atoms with van der Waals surface area (Å²) >= 11 is 5.49. The topological polar surface area (TPSA) is 92.3 Å². The van der Waals surface area contributed by atoms with Crippen molar-refractivity contribution in [3.63, 3.8) is 0 Å². The fourth-order valence-electron chi connectivity index (χ4n) is 1.93. The molecule has 0 aliphatic carbocycles. The van der Waals surface area contributed by atoms with E-state index >= 15 is 0 Å². The highest BCUT2D eigenvalue weighted by molar-refractivity contribution is 7.89. The monoisotopic (exact) mass is 318 g/mol. The van der Waals surface area contributed by atoms with Crippen molar-refractivity contribution in [1.82, 2.24) is 19.6 Å². The van der Waals surface area contributed by atoms with Crippen molar-refractivity contribution >= 4 is 27.5 Å². The number of carbonyl (C=O) groups is 1. The molecule has 1 aromatic rings. The molecule has 0 spiro atoms. The number of aromatic nitrogens is 2. The smallest absolute Gasteiger partial charge is 0.244 e. The van der Waals surface area contributed by atoms with E-state index in [0.29, 0.717) is 13.1 Å². The van der Waals surface area contributed by atoms with Crippen LogP contribution in [-0.4, -0.2) is 48.8 Å². The van der Waals surface area contributed by atoms with E-state index in [4.69, 9.17) is 11.6 Å². The largest absolute Gasteiger partial charge is 0.342 e. The minimum atomic E-state index is -3.79. The van der Waals surface area contributed by atoms with Crippen molar-refractivity contribution in [2.75, 3.05) is 19.6 Å². The first-order valence-electron chi connectivity index (χ1n) is 6.24. The lowest BCUT2D eigenvalue weighted by Gasteiger charge is -2.26. The third kappa shape index (κ3) is 3.87.